The third kappa shape index (κ3) is 11.2. The second-order valence-corrected chi connectivity index (χ2v) is 13.6. The van der Waals surface area contributed by atoms with E-state index in [9.17, 15) is 19.2 Å². The fourth-order valence-corrected chi connectivity index (χ4v) is 5.70. The lowest BCUT2D eigenvalue weighted by Gasteiger charge is -2.21. The summed E-state index contributed by atoms with van der Waals surface area (Å²) in [7, 11) is 0. The van der Waals surface area contributed by atoms with Crippen molar-refractivity contribution in [3.8, 4) is 22.8 Å². The Kier molecular flexibility index (Phi) is 13.3. The highest BCUT2D eigenvalue weighted by Crippen LogP contribution is 2.28. The predicted octanol–water partition coefficient (Wildman–Crippen LogP) is 8.42. The maximum absolute atomic E-state index is 13.3. The zero-order valence-corrected chi connectivity index (χ0v) is 30.4. The van der Waals surface area contributed by atoms with Crippen LogP contribution in [0, 0.1) is 17.8 Å². The Morgan fingerprint density at radius 1 is 0.679 bits per heavy atom. The normalized spacial score (nSPS) is 12.2. The highest BCUT2D eigenvalue weighted by atomic mass is 16.5. The molecule has 0 aliphatic heterocycles. The van der Waals surface area contributed by atoms with Gasteiger partial charge in [0.15, 0.2) is 5.76 Å². The van der Waals surface area contributed by atoms with Gasteiger partial charge in [0.25, 0.3) is 0 Å². The van der Waals surface area contributed by atoms with E-state index in [0.29, 0.717) is 17.3 Å². The van der Waals surface area contributed by atoms with Crippen LogP contribution in [0.1, 0.15) is 50.8 Å². The lowest BCUT2D eigenvalue weighted by Crippen LogP contribution is -2.47. The molecule has 2 atom stereocenters. The van der Waals surface area contributed by atoms with Crippen LogP contribution in [-0.4, -0.2) is 34.8 Å². The van der Waals surface area contributed by atoms with Crippen LogP contribution < -0.4 is 10.6 Å². The molecule has 0 aliphatic carbocycles. The lowest BCUT2D eigenvalue weighted by atomic mass is 9.86. The molecule has 1 heterocycles. The second-order valence-electron chi connectivity index (χ2n) is 13.6. The van der Waals surface area contributed by atoms with Gasteiger partial charge in [-0.2, -0.15) is 0 Å². The van der Waals surface area contributed by atoms with Gasteiger partial charge in [-0.1, -0.05) is 100 Å². The number of nitrogens with zero attached hydrogens (tertiary/aromatic N) is 1. The molecule has 53 heavy (non-hydrogen) atoms. The smallest absolute Gasteiger partial charge is 0.408 e. The number of ketones is 1. The number of Topliss-reactive ketones (excluding diaryl/α,β-unsaturated/α-hetero) is 1. The SMILES string of the molecule is CC(C)[C@H](CC(=O)OCc1ccccc1)C(=O)Cc1ccc(-c2ncc(-c3ccc(NC(=O)[C@@H](NC(=O)OCc4ccccc4)C(C)C)cc3)o2)cc1. The van der Waals surface area contributed by atoms with E-state index < -0.39 is 18.1 Å². The minimum Gasteiger partial charge on any atom is -0.461 e. The van der Waals surface area contributed by atoms with Crippen LogP contribution in [-0.2, 0) is 43.5 Å². The van der Waals surface area contributed by atoms with E-state index in [1.165, 1.54) is 0 Å². The first-order valence-electron chi connectivity index (χ1n) is 17.7. The largest absolute Gasteiger partial charge is 0.461 e. The van der Waals surface area contributed by atoms with Crippen LogP contribution in [0.5, 0.6) is 0 Å². The van der Waals surface area contributed by atoms with Crippen molar-refractivity contribution in [3.05, 3.63) is 132 Å². The average molecular weight is 716 g/mol. The van der Waals surface area contributed by atoms with E-state index >= 15 is 0 Å². The summed E-state index contributed by atoms with van der Waals surface area (Å²) >= 11 is 0. The van der Waals surface area contributed by atoms with E-state index in [1.807, 2.05) is 125 Å². The first kappa shape index (κ1) is 38.2. The number of hydrogen-bond acceptors (Lipinski definition) is 8. The molecule has 0 aliphatic rings. The fraction of sp³-hybridized carbons (Fsp3) is 0.279. The number of benzene rings is 4. The van der Waals surface area contributed by atoms with Crippen LogP contribution in [0.4, 0.5) is 10.5 Å². The quantitative estimate of drug-likeness (QED) is 0.0972. The molecule has 0 unspecified atom stereocenters. The molecular formula is C43H45N3O7. The predicted molar refractivity (Wildman–Crippen MR) is 202 cm³/mol. The monoisotopic (exact) mass is 715 g/mol. The number of esters is 1. The Balaban J connectivity index is 1.13. The van der Waals surface area contributed by atoms with Gasteiger partial charge in [-0.15, -0.1) is 0 Å². The zero-order valence-electron chi connectivity index (χ0n) is 30.4. The molecule has 0 fully saturated rings. The number of alkyl carbamates (subject to hydrolysis) is 1. The molecule has 0 saturated heterocycles. The lowest BCUT2D eigenvalue weighted by molar-refractivity contribution is -0.148. The number of anilines is 1. The molecule has 2 amide bonds. The fourth-order valence-electron chi connectivity index (χ4n) is 5.70. The minimum atomic E-state index is -0.801. The maximum Gasteiger partial charge on any atom is 0.408 e. The maximum atomic E-state index is 13.3. The van der Waals surface area contributed by atoms with Gasteiger partial charge in [-0.3, -0.25) is 14.4 Å². The number of aromatic nitrogens is 1. The highest BCUT2D eigenvalue weighted by Gasteiger charge is 2.27. The van der Waals surface area contributed by atoms with Gasteiger partial charge < -0.3 is 24.5 Å². The number of rotatable bonds is 16. The third-order valence-corrected chi connectivity index (χ3v) is 8.80. The minimum absolute atomic E-state index is 0.0141. The van der Waals surface area contributed by atoms with Gasteiger partial charge in [0.1, 0.15) is 25.0 Å². The Hall–Kier alpha value is -6.03. The van der Waals surface area contributed by atoms with Crippen LogP contribution in [0.2, 0.25) is 0 Å². The van der Waals surface area contributed by atoms with E-state index in [2.05, 4.69) is 15.6 Å². The number of nitrogens with one attached hydrogen (secondary N) is 2. The molecular weight excluding hydrogens is 670 g/mol. The Bertz CT molecular complexity index is 1810. The summed E-state index contributed by atoms with van der Waals surface area (Å²) in [5, 5.41) is 5.53. The molecule has 4 aromatic carbocycles. The second kappa shape index (κ2) is 18.5. The topological polar surface area (TPSA) is 137 Å². The van der Waals surface area contributed by atoms with Gasteiger partial charge in [-0.25, -0.2) is 9.78 Å². The van der Waals surface area contributed by atoms with Gasteiger partial charge in [-0.05, 0) is 64.9 Å². The van der Waals surface area contributed by atoms with E-state index in [-0.39, 0.29) is 55.6 Å². The van der Waals surface area contributed by atoms with E-state index in [4.69, 9.17) is 13.9 Å². The van der Waals surface area contributed by atoms with Crippen LogP contribution >= 0.6 is 0 Å². The van der Waals surface area contributed by atoms with Crippen molar-refractivity contribution in [3.63, 3.8) is 0 Å². The summed E-state index contributed by atoms with van der Waals surface area (Å²) in [4.78, 5) is 55.8. The van der Waals surface area contributed by atoms with Gasteiger partial charge in [0.2, 0.25) is 11.8 Å². The summed E-state index contributed by atoms with van der Waals surface area (Å²) in [6.07, 6.45) is 1.19. The van der Waals surface area contributed by atoms with Gasteiger partial charge in [0.05, 0.1) is 12.6 Å². The van der Waals surface area contributed by atoms with Crippen molar-refractivity contribution in [1.29, 1.82) is 0 Å². The molecule has 0 radical (unpaired) electrons. The van der Waals surface area contributed by atoms with Crippen LogP contribution in [0.15, 0.2) is 120 Å². The van der Waals surface area contributed by atoms with E-state index in [0.717, 1.165) is 27.8 Å². The molecule has 2 N–H and O–H groups in total. The number of oxazole rings is 1. The molecule has 274 valence electrons. The summed E-state index contributed by atoms with van der Waals surface area (Å²) in [5.41, 5.74) is 4.63. The van der Waals surface area contributed by atoms with Gasteiger partial charge >= 0.3 is 12.1 Å². The first-order chi connectivity index (χ1) is 25.5. The average Bonchev–Trinajstić information content (AvgIpc) is 3.66. The molecule has 10 heteroatoms. The standard InChI is InChI=1S/C43H45N3O7/c1-28(2)36(24-39(48)51-26-31-11-7-5-8-12-31)37(47)23-30-15-17-34(18-16-30)42-44-25-38(53-42)33-19-21-35(22-20-33)45-41(49)40(29(3)4)46-43(50)52-27-32-13-9-6-10-14-32/h5-22,25,28-29,36,40H,23-24,26-27H2,1-4H3,(H,45,49)(H,46,50)/t36-,40-/m0/s1. The summed E-state index contributed by atoms with van der Waals surface area (Å²) < 4.78 is 16.8. The number of amides is 2. The van der Waals surface area contributed by atoms with Crippen molar-refractivity contribution in [2.45, 2.75) is 59.8 Å². The molecule has 10 nitrogen and oxygen atoms in total. The Morgan fingerprint density at radius 2 is 1.26 bits per heavy atom. The first-order valence-corrected chi connectivity index (χ1v) is 17.7. The highest BCUT2D eigenvalue weighted by molar-refractivity contribution is 5.97. The Labute approximate surface area is 309 Å². The molecule has 0 bridgehead atoms. The zero-order chi connectivity index (χ0) is 37.7. The van der Waals surface area contributed by atoms with Crippen molar-refractivity contribution in [2.75, 3.05) is 5.32 Å². The molecule has 1 aromatic heterocycles. The molecule has 0 saturated carbocycles. The number of carbonyl (C=O) groups is 4. The van der Waals surface area contributed by atoms with Crippen LogP contribution in [0.25, 0.3) is 22.8 Å². The summed E-state index contributed by atoms with van der Waals surface area (Å²) in [5.74, 6) is -0.454. The van der Waals surface area contributed by atoms with Crippen molar-refractivity contribution in [2.24, 2.45) is 17.8 Å². The van der Waals surface area contributed by atoms with Crippen molar-refractivity contribution < 1.29 is 33.1 Å². The van der Waals surface area contributed by atoms with Gasteiger partial charge in [0, 0.05) is 29.2 Å². The van der Waals surface area contributed by atoms with E-state index in [1.54, 1.807) is 18.3 Å². The number of ether oxygens (including phenoxy) is 2. The number of hydrogen-bond donors (Lipinski definition) is 2. The van der Waals surface area contributed by atoms with Crippen molar-refractivity contribution >= 4 is 29.4 Å². The molecule has 5 rings (SSSR count). The Morgan fingerprint density at radius 3 is 1.85 bits per heavy atom. The molecule has 0 spiro atoms. The summed E-state index contributed by atoms with van der Waals surface area (Å²) in [6, 6.07) is 32.5. The number of carbonyl (C=O) groups excluding carboxylic acids is 4. The van der Waals surface area contributed by atoms with Crippen molar-refractivity contribution in [1.82, 2.24) is 10.3 Å². The molecule has 5 aromatic rings. The third-order valence-electron chi connectivity index (χ3n) is 8.80. The van der Waals surface area contributed by atoms with Crippen LogP contribution in [0.3, 0.4) is 0 Å². The summed E-state index contributed by atoms with van der Waals surface area (Å²) in [6.45, 7) is 7.85.